The lowest BCUT2D eigenvalue weighted by atomic mass is 10.2. The Hall–Kier alpha value is -2.78. The molecule has 26 heavy (non-hydrogen) atoms. The van der Waals surface area contributed by atoms with E-state index in [4.69, 9.17) is 9.26 Å². The molecule has 2 aromatic rings. The standard InChI is InChI=1S/C16H17F3N4O3/c1-8(14-22-13(23-26-14)9-3-4-9)20-15(24)21-11-5-10(16(17,18)19)6-12(7-11)25-2/h5-9H,3-4H2,1-2H3,(H2,20,21,24). The first-order valence-corrected chi connectivity index (χ1v) is 7.93. The van der Waals surface area contributed by atoms with Gasteiger partial charge in [-0.05, 0) is 31.9 Å². The van der Waals surface area contributed by atoms with Gasteiger partial charge in [0.25, 0.3) is 0 Å². The van der Waals surface area contributed by atoms with Crippen LogP contribution in [0.15, 0.2) is 22.7 Å². The molecule has 0 spiro atoms. The number of halogens is 3. The fourth-order valence-corrected chi connectivity index (χ4v) is 2.31. The van der Waals surface area contributed by atoms with E-state index >= 15 is 0 Å². The molecular weight excluding hydrogens is 353 g/mol. The normalized spacial score (nSPS) is 15.4. The number of hydrogen-bond acceptors (Lipinski definition) is 5. The van der Waals surface area contributed by atoms with Crippen LogP contribution in [0.1, 0.15) is 49.0 Å². The maximum atomic E-state index is 12.9. The Morgan fingerprint density at radius 3 is 2.69 bits per heavy atom. The van der Waals surface area contributed by atoms with Crippen molar-refractivity contribution in [2.45, 2.75) is 37.9 Å². The van der Waals surface area contributed by atoms with Gasteiger partial charge in [0.2, 0.25) is 5.89 Å². The Labute approximate surface area is 146 Å². The van der Waals surface area contributed by atoms with Crippen molar-refractivity contribution in [3.8, 4) is 5.75 Å². The van der Waals surface area contributed by atoms with Gasteiger partial charge in [-0.2, -0.15) is 18.2 Å². The lowest BCUT2D eigenvalue weighted by Gasteiger charge is -2.14. The van der Waals surface area contributed by atoms with Crippen LogP contribution in [-0.4, -0.2) is 23.3 Å². The summed E-state index contributed by atoms with van der Waals surface area (Å²) in [5, 5.41) is 8.75. The summed E-state index contributed by atoms with van der Waals surface area (Å²) in [6, 6.07) is 1.67. The topological polar surface area (TPSA) is 89.3 Å². The number of carbonyl (C=O) groups excluding carboxylic acids is 1. The molecule has 1 fully saturated rings. The lowest BCUT2D eigenvalue weighted by Crippen LogP contribution is -2.31. The van der Waals surface area contributed by atoms with E-state index in [9.17, 15) is 18.0 Å². The van der Waals surface area contributed by atoms with Crippen molar-refractivity contribution < 1.29 is 27.2 Å². The second-order valence-electron chi connectivity index (χ2n) is 6.03. The Kier molecular flexibility index (Phi) is 4.75. The molecule has 0 bridgehead atoms. The van der Waals surface area contributed by atoms with E-state index in [-0.39, 0.29) is 17.3 Å². The van der Waals surface area contributed by atoms with Gasteiger partial charge in [-0.3, -0.25) is 0 Å². The van der Waals surface area contributed by atoms with Gasteiger partial charge in [0, 0.05) is 17.7 Å². The van der Waals surface area contributed by atoms with Gasteiger partial charge in [-0.15, -0.1) is 0 Å². The fourth-order valence-electron chi connectivity index (χ4n) is 2.31. The molecule has 2 N–H and O–H groups in total. The van der Waals surface area contributed by atoms with Crippen molar-refractivity contribution in [1.82, 2.24) is 15.5 Å². The molecule has 10 heteroatoms. The third-order valence-corrected chi connectivity index (χ3v) is 3.85. The highest BCUT2D eigenvalue weighted by Gasteiger charge is 2.32. The lowest BCUT2D eigenvalue weighted by molar-refractivity contribution is -0.137. The van der Waals surface area contributed by atoms with Gasteiger partial charge in [0.15, 0.2) is 5.82 Å². The van der Waals surface area contributed by atoms with E-state index in [1.165, 1.54) is 13.2 Å². The summed E-state index contributed by atoms with van der Waals surface area (Å²) in [6.45, 7) is 1.64. The van der Waals surface area contributed by atoms with Crippen molar-refractivity contribution in [3.63, 3.8) is 0 Å². The van der Waals surface area contributed by atoms with Gasteiger partial charge in [-0.25, -0.2) is 4.79 Å². The zero-order valence-electron chi connectivity index (χ0n) is 14.1. The first-order valence-electron chi connectivity index (χ1n) is 7.93. The molecule has 1 saturated carbocycles. The van der Waals surface area contributed by atoms with Gasteiger partial charge in [0.05, 0.1) is 12.7 Å². The van der Waals surface area contributed by atoms with E-state index in [1.807, 2.05) is 0 Å². The van der Waals surface area contributed by atoms with Crippen molar-refractivity contribution in [2.24, 2.45) is 0 Å². The molecule has 1 atom stereocenters. The molecule has 1 aromatic heterocycles. The van der Waals surface area contributed by atoms with Crippen LogP contribution in [0.4, 0.5) is 23.7 Å². The maximum absolute atomic E-state index is 12.9. The van der Waals surface area contributed by atoms with Crippen LogP contribution < -0.4 is 15.4 Å². The summed E-state index contributed by atoms with van der Waals surface area (Å²) in [4.78, 5) is 16.3. The maximum Gasteiger partial charge on any atom is 0.416 e. The van der Waals surface area contributed by atoms with Gasteiger partial charge in [-0.1, -0.05) is 5.16 Å². The van der Waals surface area contributed by atoms with E-state index in [2.05, 4.69) is 20.8 Å². The molecule has 3 rings (SSSR count). The number of aromatic nitrogens is 2. The van der Waals surface area contributed by atoms with E-state index < -0.39 is 23.8 Å². The molecule has 0 saturated heterocycles. The molecule has 0 aliphatic heterocycles. The quantitative estimate of drug-likeness (QED) is 0.834. The van der Waals surface area contributed by atoms with Crippen LogP contribution in [0.3, 0.4) is 0 Å². The number of rotatable bonds is 5. The molecule has 1 aliphatic rings. The van der Waals surface area contributed by atoms with E-state index in [0.29, 0.717) is 11.7 Å². The summed E-state index contributed by atoms with van der Waals surface area (Å²) < 4.78 is 48.7. The summed E-state index contributed by atoms with van der Waals surface area (Å²) in [5.41, 5.74) is -0.975. The molecule has 1 heterocycles. The van der Waals surface area contributed by atoms with E-state index in [1.54, 1.807) is 6.92 Å². The van der Waals surface area contributed by atoms with Crippen molar-refractivity contribution in [2.75, 3.05) is 12.4 Å². The van der Waals surface area contributed by atoms with Crippen molar-refractivity contribution in [1.29, 1.82) is 0 Å². The first-order chi connectivity index (χ1) is 12.3. The van der Waals surface area contributed by atoms with Crippen LogP contribution in [0.25, 0.3) is 0 Å². The van der Waals surface area contributed by atoms with Crippen LogP contribution >= 0.6 is 0 Å². The summed E-state index contributed by atoms with van der Waals surface area (Å²) >= 11 is 0. The number of carbonyl (C=O) groups is 1. The molecule has 2 amide bonds. The number of urea groups is 1. The predicted molar refractivity (Wildman–Crippen MR) is 84.8 cm³/mol. The third kappa shape index (κ3) is 4.24. The minimum atomic E-state index is -4.56. The number of amides is 2. The first kappa shape index (κ1) is 18.0. The molecule has 7 nitrogen and oxygen atoms in total. The van der Waals surface area contributed by atoms with Gasteiger partial charge >= 0.3 is 12.2 Å². The highest BCUT2D eigenvalue weighted by atomic mass is 19.4. The molecular formula is C16H17F3N4O3. The summed E-state index contributed by atoms with van der Waals surface area (Å²) in [5.74, 6) is 1.14. The number of benzene rings is 1. The number of anilines is 1. The molecule has 0 radical (unpaired) electrons. The SMILES string of the molecule is COc1cc(NC(=O)NC(C)c2nc(C3CC3)no2)cc(C(F)(F)F)c1. The molecule has 1 aromatic carbocycles. The van der Waals surface area contributed by atoms with Crippen molar-refractivity contribution in [3.05, 3.63) is 35.5 Å². The van der Waals surface area contributed by atoms with E-state index in [0.717, 1.165) is 25.0 Å². The summed E-state index contributed by atoms with van der Waals surface area (Å²) in [6.07, 6.45) is -2.53. The number of methoxy groups -OCH3 is 1. The highest BCUT2D eigenvalue weighted by Crippen LogP contribution is 2.38. The third-order valence-electron chi connectivity index (χ3n) is 3.85. The number of nitrogens with one attached hydrogen (secondary N) is 2. The zero-order valence-corrected chi connectivity index (χ0v) is 14.1. The predicted octanol–water partition coefficient (Wildman–Crippen LogP) is 3.86. The number of ether oxygens (including phenoxy) is 1. The van der Waals surface area contributed by atoms with Crippen molar-refractivity contribution >= 4 is 11.7 Å². The monoisotopic (exact) mass is 370 g/mol. The van der Waals surface area contributed by atoms with Crippen LogP contribution in [-0.2, 0) is 6.18 Å². The Morgan fingerprint density at radius 2 is 2.08 bits per heavy atom. The molecule has 1 unspecified atom stereocenters. The minimum absolute atomic E-state index is 0.0193. The summed E-state index contributed by atoms with van der Waals surface area (Å²) in [7, 11) is 1.24. The second kappa shape index (κ2) is 6.85. The van der Waals surface area contributed by atoms with Gasteiger partial charge < -0.3 is 19.9 Å². The average Bonchev–Trinajstić information content (AvgIpc) is 3.30. The van der Waals surface area contributed by atoms with Crippen LogP contribution in [0.5, 0.6) is 5.75 Å². The largest absolute Gasteiger partial charge is 0.497 e. The Morgan fingerprint density at radius 1 is 1.35 bits per heavy atom. The minimum Gasteiger partial charge on any atom is -0.497 e. The van der Waals surface area contributed by atoms with Crippen LogP contribution in [0.2, 0.25) is 0 Å². The fraction of sp³-hybridized carbons (Fsp3) is 0.438. The Bertz CT molecular complexity index is 802. The average molecular weight is 370 g/mol. The van der Waals surface area contributed by atoms with Gasteiger partial charge in [0.1, 0.15) is 11.8 Å². The highest BCUT2D eigenvalue weighted by molar-refractivity contribution is 5.89. The number of alkyl halides is 3. The smallest absolute Gasteiger partial charge is 0.416 e. The molecule has 1 aliphatic carbocycles. The zero-order chi connectivity index (χ0) is 18.9. The second-order valence-corrected chi connectivity index (χ2v) is 6.03. The van der Waals surface area contributed by atoms with Crippen LogP contribution in [0, 0.1) is 0 Å². The number of nitrogens with zero attached hydrogens (tertiary/aromatic N) is 2. The molecule has 140 valence electrons. The Balaban J connectivity index is 1.66. The number of hydrogen-bond donors (Lipinski definition) is 2.